The van der Waals surface area contributed by atoms with E-state index in [0.717, 1.165) is 12.1 Å². The number of hydrogen-bond donors (Lipinski definition) is 1. The third-order valence-electron chi connectivity index (χ3n) is 1.34. The molecule has 0 radical (unpaired) electrons. The first-order chi connectivity index (χ1) is 6.61. The van der Waals surface area contributed by atoms with Gasteiger partial charge in [-0.3, -0.25) is 0 Å². The lowest BCUT2D eigenvalue weighted by Crippen LogP contribution is -1.88. The van der Waals surface area contributed by atoms with Crippen molar-refractivity contribution in [3.8, 4) is 17.9 Å². The molecule has 0 amide bonds. The molecule has 1 aromatic rings. The molecule has 68 valence electrons. The van der Waals surface area contributed by atoms with Gasteiger partial charge in [0.15, 0.2) is 0 Å². The zero-order valence-electron chi connectivity index (χ0n) is 6.91. The molecule has 0 atom stereocenters. The molecule has 0 aromatic heterocycles. The molecule has 0 saturated carbocycles. The molecule has 1 N–H and O–H groups in total. The summed E-state index contributed by atoms with van der Waals surface area (Å²) in [6.45, 7) is 0. The van der Waals surface area contributed by atoms with Gasteiger partial charge in [0.25, 0.3) is 0 Å². The number of nitrogens with zero attached hydrogens (tertiary/aromatic N) is 1. The van der Waals surface area contributed by atoms with Crippen molar-refractivity contribution in [3.63, 3.8) is 0 Å². The van der Waals surface area contributed by atoms with Crippen LogP contribution in [0.4, 0.5) is 4.39 Å². The SMILES string of the molecule is N#Cc1cc(F)cc(C#CC(=O)O)c1. The molecule has 14 heavy (non-hydrogen) atoms. The fourth-order valence-electron chi connectivity index (χ4n) is 0.852. The van der Waals surface area contributed by atoms with Gasteiger partial charge < -0.3 is 5.11 Å². The van der Waals surface area contributed by atoms with Crippen LogP contribution in [0.1, 0.15) is 11.1 Å². The van der Waals surface area contributed by atoms with Crippen LogP contribution < -0.4 is 0 Å². The van der Waals surface area contributed by atoms with E-state index in [4.69, 9.17) is 10.4 Å². The zero-order chi connectivity index (χ0) is 10.6. The summed E-state index contributed by atoms with van der Waals surface area (Å²) in [6, 6.07) is 5.17. The third kappa shape index (κ3) is 2.62. The lowest BCUT2D eigenvalue weighted by molar-refractivity contribution is -0.130. The predicted octanol–water partition coefficient (Wildman–Crippen LogP) is 1.13. The minimum atomic E-state index is -1.30. The smallest absolute Gasteiger partial charge is 0.382 e. The summed E-state index contributed by atoms with van der Waals surface area (Å²) in [7, 11) is 0. The first kappa shape index (κ1) is 9.76. The van der Waals surface area contributed by atoms with Crippen LogP contribution in [0, 0.1) is 29.0 Å². The molecule has 0 aliphatic carbocycles. The minimum Gasteiger partial charge on any atom is -0.472 e. The second-order valence-corrected chi connectivity index (χ2v) is 2.40. The molecule has 0 unspecified atom stereocenters. The van der Waals surface area contributed by atoms with Gasteiger partial charge in [-0.1, -0.05) is 5.92 Å². The average molecular weight is 189 g/mol. The summed E-state index contributed by atoms with van der Waals surface area (Å²) >= 11 is 0. The summed E-state index contributed by atoms with van der Waals surface area (Å²) in [5, 5.41) is 16.7. The van der Waals surface area contributed by atoms with E-state index in [0.29, 0.717) is 0 Å². The Morgan fingerprint density at radius 3 is 2.57 bits per heavy atom. The van der Waals surface area contributed by atoms with Gasteiger partial charge in [-0.2, -0.15) is 5.26 Å². The van der Waals surface area contributed by atoms with Crippen LogP contribution in [0.25, 0.3) is 0 Å². The maximum Gasteiger partial charge on any atom is 0.382 e. The molecular weight excluding hydrogens is 185 g/mol. The number of hydrogen-bond acceptors (Lipinski definition) is 2. The summed E-state index contributed by atoms with van der Waals surface area (Å²) in [5.41, 5.74) is 0.281. The Morgan fingerprint density at radius 1 is 1.36 bits per heavy atom. The lowest BCUT2D eigenvalue weighted by atomic mass is 10.1. The quantitative estimate of drug-likeness (QED) is 0.622. The van der Waals surface area contributed by atoms with E-state index < -0.39 is 11.8 Å². The standard InChI is InChI=1S/C10H4FNO2/c11-9-4-7(1-2-10(13)14)3-8(5-9)6-12/h3-5H,(H,13,14). The molecule has 0 aliphatic heterocycles. The van der Waals surface area contributed by atoms with Crippen molar-refractivity contribution in [2.45, 2.75) is 0 Å². The number of halogens is 1. The fraction of sp³-hybridized carbons (Fsp3) is 0. The van der Waals surface area contributed by atoms with Gasteiger partial charge in [0, 0.05) is 11.5 Å². The van der Waals surface area contributed by atoms with E-state index in [2.05, 4.69) is 5.92 Å². The summed E-state index contributed by atoms with van der Waals surface area (Å²) in [4.78, 5) is 10.1. The number of carboxylic acid groups (broad SMARTS) is 1. The fourth-order valence-corrected chi connectivity index (χ4v) is 0.852. The first-order valence-electron chi connectivity index (χ1n) is 3.57. The van der Waals surface area contributed by atoms with Crippen LogP contribution in [0.15, 0.2) is 18.2 Å². The van der Waals surface area contributed by atoms with E-state index in [9.17, 15) is 9.18 Å². The summed E-state index contributed by atoms with van der Waals surface area (Å²) < 4.78 is 12.8. The second-order valence-electron chi connectivity index (χ2n) is 2.40. The van der Waals surface area contributed by atoms with Crippen molar-refractivity contribution < 1.29 is 14.3 Å². The Balaban J connectivity index is 3.13. The predicted molar refractivity (Wildman–Crippen MR) is 45.6 cm³/mol. The number of rotatable bonds is 0. The highest BCUT2D eigenvalue weighted by Crippen LogP contribution is 2.06. The van der Waals surface area contributed by atoms with E-state index in [1.807, 2.05) is 5.92 Å². The zero-order valence-corrected chi connectivity index (χ0v) is 6.91. The van der Waals surface area contributed by atoms with Crippen molar-refractivity contribution >= 4 is 5.97 Å². The van der Waals surface area contributed by atoms with E-state index in [-0.39, 0.29) is 11.1 Å². The highest BCUT2D eigenvalue weighted by atomic mass is 19.1. The summed E-state index contributed by atoms with van der Waals surface area (Å²) in [6.07, 6.45) is 0. The molecular formula is C10H4FNO2. The van der Waals surface area contributed by atoms with Crippen LogP contribution >= 0.6 is 0 Å². The third-order valence-corrected chi connectivity index (χ3v) is 1.34. The first-order valence-corrected chi connectivity index (χ1v) is 3.57. The monoisotopic (exact) mass is 189 g/mol. The van der Waals surface area contributed by atoms with Gasteiger partial charge in [0.2, 0.25) is 0 Å². The Labute approximate surface area is 79.4 Å². The molecule has 1 rings (SSSR count). The van der Waals surface area contributed by atoms with Crippen molar-refractivity contribution in [3.05, 3.63) is 35.1 Å². The molecule has 0 spiro atoms. The normalized spacial score (nSPS) is 8.29. The van der Waals surface area contributed by atoms with Crippen molar-refractivity contribution in [2.24, 2.45) is 0 Å². The van der Waals surface area contributed by atoms with Crippen LogP contribution in [-0.2, 0) is 4.79 Å². The highest BCUT2D eigenvalue weighted by Gasteiger charge is 1.97. The lowest BCUT2D eigenvalue weighted by Gasteiger charge is -1.92. The molecule has 1 aromatic carbocycles. The number of carbonyl (C=O) groups is 1. The molecule has 0 aliphatic rings. The van der Waals surface area contributed by atoms with Gasteiger partial charge in [-0.05, 0) is 18.2 Å². The maximum atomic E-state index is 12.8. The van der Waals surface area contributed by atoms with Gasteiger partial charge in [-0.25, -0.2) is 9.18 Å². The second kappa shape index (κ2) is 4.06. The highest BCUT2D eigenvalue weighted by molar-refractivity contribution is 5.87. The van der Waals surface area contributed by atoms with E-state index >= 15 is 0 Å². The topological polar surface area (TPSA) is 61.1 Å². The van der Waals surface area contributed by atoms with Crippen LogP contribution in [0.2, 0.25) is 0 Å². The average Bonchev–Trinajstić information content (AvgIpc) is 2.14. The number of benzene rings is 1. The Kier molecular flexibility index (Phi) is 2.83. The number of carboxylic acids is 1. The maximum absolute atomic E-state index is 12.8. The molecule has 4 heteroatoms. The number of nitriles is 1. The van der Waals surface area contributed by atoms with Crippen LogP contribution in [-0.4, -0.2) is 11.1 Å². The Hall–Kier alpha value is -2.33. The van der Waals surface area contributed by atoms with Crippen molar-refractivity contribution in [2.75, 3.05) is 0 Å². The van der Waals surface area contributed by atoms with Gasteiger partial charge >= 0.3 is 5.97 Å². The molecule has 0 bridgehead atoms. The van der Waals surface area contributed by atoms with Gasteiger partial charge in [-0.15, -0.1) is 0 Å². The van der Waals surface area contributed by atoms with Crippen molar-refractivity contribution in [1.29, 1.82) is 5.26 Å². The summed E-state index contributed by atoms with van der Waals surface area (Å²) in [5.74, 6) is 2.14. The van der Waals surface area contributed by atoms with Crippen LogP contribution in [0.3, 0.4) is 0 Å². The van der Waals surface area contributed by atoms with E-state index in [1.54, 1.807) is 6.07 Å². The Bertz CT molecular complexity index is 477. The van der Waals surface area contributed by atoms with Gasteiger partial charge in [0.05, 0.1) is 11.6 Å². The minimum absolute atomic E-state index is 0.111. The molecule has 0 heterocycles. The van der Waals surface area contributed by atoms with Crippen molar-refractivity contribution in [1.82, 2.24) is 0 Å². The van der Waals surface area contributed by atoms with Crippen LogP contribution in [0.5, 0.6) is 0 Å². The van der Waals surface area contributed by atoms with Gasteiger partial charge in [0.1, 0.15) is 5.82 Å². The molecule has 0 saturated heterocycles. The molecule has 3 nitrogen and oxygen atoms in total. The van der Waals surface area contributed by atoms with E-state index in [1.165, 1.54) is 6.07 Å². The molecule has 0 fully saturated rings. The Morgan fingerprint density at radius 2 is 2.00 bits per heavy atom. The number of aliphatic carboxylic acids is 1. The largest absolute Gasteiger partial charge is 0.472 e.